The van der Waals surface area contributed by atoms with Gasteiger partial charge in [-0.25, -0.2) is 4.90 Å². The number of rotatable bonds is 6. The Labute approximate surface area is 153 Å². The summed E-state index contributed by atoms with van der Waals surface area (Å²) in [5, 5.41) is 8.56. The molecule has 1 N–H and O–H groups in total. The SMILES string of the molecule is COC1(C)OC2C3O[C@@H](C4C(=O)N(COC(=O)CCC(=O)O)C(=O)C34)[C@H]2O1. The Bertz CT molecular complexity index is 671. The molecule has 4 aliphatic heterocycles. The quantitative estimate of drug-likeness (QED) is 0.440. The Morgan fingerprint density at radius 3 is 2.11 bits per heavy atom. The highest BCUT2D eigenvalue weighted by Gasteiger charge is 2.73. The Morgan fingerprint density at radius 2 is 1.63 bits per heavy atom. The van der Waals surface area contributed by atoms with E-state index in [1.165, 1.54) is 7.11 Å². The number of carboxylic acids is 1. The van der Waals surface area contributed by atoms with Gasteiger partial charge < -0.3 is 28.8 Å². The van der Waals surface area contributed by atoms with Crippen LogP contribution in [0, 0.1) is 11.8 Å². The number of hydrogen-bond donors (Lipinski definition) is 1. The van der Waals surface area contributed by atoms with Crippen LogP contribution in [0.15, 0.2) is 0 Å². The highest BCUT2D eigenvalue weighted by molar-refractivity contribution is 6.06. The highest BCUT2D eigenvalue weighted by atomic mass is 16.9. The number of esters is 1. The van der Waals surface area contributed by atoms with Crippen LogP contribution in [0.3, 0.4) is 0 Å². The minimum Gasteiger partial charge on any atom is -0.481 e. The number of carboxylic acid groups (broad SMARTS) is 1. The molecule has 2 bridgehead atoms. The molecule has 0 aromatic heterocycles. The topological polar surface area (TPSA) is 138 Å². The van der Waals surface area contributed by atoms with E-state index in [2.05, 4.69) is 0 Å². The summed E-state index contributed by atoms with van der Waals surface area (Å²) >= 11 is 0. The van der Waals surface area contributed by atoms with Gasteiger partial charge in [-0.3, -0.25) is 19.2 Å². The first kappa shape index (κ1) is 18.3. The number of hydrogen-bond acceptors (Lipinski definition) is 9. The molecule has 0 radical (unpaired) electrons. The second-order valence-electron chi connectivity index (χ2n) is 6.99. The van der Waals surface area contributed by atoms with Crippen LogP contribution in [0.25, 0.3) is 0 Å². The molecule has 11 nitrogen and oxygen atoms in total. The van der Waals surface area contributed by atoms with Crippen molar-refractivity contribution in [3.05, 3.63) is 0 Å². The minimum atomic E-state index is -1.25. The van der Waals surface area contributed by atoms with Gasteiger partial charge in [0.2, 0.25) is 11.8 Å². The lowest BCUT2D eigenvalue weighted by Crippen LogP contribution is -2.46. The molecule has 4 heterocycles. The van der Waals surface area contributed by atoms with Gasteiger partial charge in [0.15, 0.2) is 6.73 Å². The molecule has 0 saturated carbocycles. The average Bonchev–Trinajstić information content (AvgIpc) is 3.31. The number of carbonyl (C=O) groups is 4. The summed E-state index contributed by atoms with van der Waals surface area (Å²) in [5.41, 5.74) is 0. The maximum atomic E-state index is 12.7. The number of fused-ring (bicyclic) bond motifs is 8. The molecule has 2 amide bonds. The van der Waals surface area contributed by atoms with Gasteiger partial charge >= 0.3 is 11.9 Å². The first-order valence-electron chi connectivity index (χ1n) is 8.54. The molecule has 4 aliphatic rings. The van der Waals surface area contributed by atoms with E-state index < -0.39 is 72.7 Å². The van der Waals surface area contributed by atoms with Gasteiger partial charge in [-0.2, -0.15) is 0 Å². The molecule has 7 atom stereocenters. The normalized spacial score (nSPS) is 41.8. The summed E-state index contributed by atoms with van der Waals surface area (Å²) in [6, 6.07) is 0. The van der Waals surface area contributed by atoms with E-state index in [-0.39, 0.29) is 12.8 Å². The van der Waals surface area contributed by atoms with Crippen LogP contribution in [0.5, 0.6) is 0 Å². The van der Waals surface area contributed by atoms with E-state index in [0.29, 0.717) is 0 Å². The second-order valence-corrected chi connectivity index (χ2v) is 6.99. The molecule has 4 rings (SSSR count). The van der Waals surface area contributed by atoms with Crippen molar-refractivity contribution in [3.63, 3.8) is 0 Å². The van der Waals surface area contributed by atoms with E-state index in [0.717, 1.165) is 4.90 Å². The molecule has 27 heavy (non-hydrogen) atoms. The zero-order valence-electron chi connectivity index (χ0n) is 14.7. The van der Waals surface area contributed by atoms with Crippen LogP contribution in [0.4, 0.5) is 0 Å². The van der Waals surface area contributed by atoms with E-state index in [4.69, 9.17) is 28.8 Å². The van der Waals surface area contributed by atoms with Crippen molar-refractivity contribution in [2.45, 2.75) is 50.2 Å². The molecule has 11 heteroatoms. The maximum Gasteiger partial charge on any atom is 0.308 e. The largest absolute Gasteiger partial charge is 0.481 e. The van der Waals surface area contributed by atoms with Crippen LogP contribution < -0.4 is 0 Å². The van der Waals surface area contributed by atoms with E-state index >= 15 is 0 Å². The molecule has 0 aromatic rings. The molecular weight excluding hydrogens is 366 g/mol. The van der Waals surface area contributed by atoms with Crippen LogP contribution in [0.1, 0.15) is 19.8 Å². The number of ether oxygens (including phenoxy) is 5. The number of carbonyl (C=O) groups excluding carboxylic acids is 3. The van der Waals surface area contributed by atoms with Crippen molar-refractivity contribution >= 4 is 23.8 Å². The molecule has 4 saturated heterocycles. The van der Waals surface area contributed by atoms with Crippen LogP contribution >= 0.6 is 0 Å². The third-order valence-corrected chi connectivity index (χ3v) is 5.45. The fourth-order valence-electron chi connectivity index (χ4n) is 4.19. The Hall–Kier alpha value is -2.08. The van der Waals surface area contributed by atoms with E-state index in [1.807, 2.05) is 0 Å². The zero-order valence-corrected chi connectivity index (χ0v) is 14.7. The summed E-state index contributed by atoms with van der Waals surface area (Å²) < 4.78 is 27.3. The van der Waals surface area contributed by atoms with Crippen molar-refractivity contribution < 1.29 is 48.0 Å². The highest BCUT2D eigenvalue weighted by Crippen LogP contribution is 2.54. The van der Waals surface area contributed by atoms with Crippen molar-refractivity contribution in [3.8, 4) is 0 Å². The molecule has 0 aliphatic carbocycles. The fourth-order valence-corrected chi connectivity index (χ4v) is 4.19. The van der Waals surface area contributed by atoms with Gasteiger partial charge in [0.25, 0.3) is 5.97 Å². The molecule has 0 aromatic carbocycles. The van der Waals surface area contributed by atoms with Crippen molar-refractivity contribution in [2.24, 2.45) is 11.8 Å². The lowest BCUT2D eigenvalue weighted by molar-refractivity contribution is -0.330. The monoisotopic (exact) mass is 385 g/mol. The van der Waals surface area contributed by atoms with Crippen LogP contribution in [0.2, 0.25) is 0 Å². The number of nitrogens with zero attached hydrogens (tertiary/aromatic N) is 1. The smallest absolute Gasteiger partial charge is 0.308 e. The minimum absolute atomic E-state index is 0.339. The van der Waals surface area contributed by atoms with Gasteiger partial charge in [-0.15, -0.1) is 0 Å². The molecule has 5 unspecified atom stereocenters. The van der Waals surface area contributed by atoms with Gasteiger partial charge in [-0.05, 0) is 0 Å². The summed E-state index contributed by atoms with van der Waals surface area (Å²) in [4.78, 5) is 48.3. The van der Waals surface area contributed by atoms with Crippen molar-refractivity contribution in [1.82, 2.24) is 4.90 Å². The lowest BCUT2D eigenvalue weighted by Gasteiger charge is -2.24. The molecule has 0 spiro atoms. The molecular formula is C16H19NO10. The fraction of sp³-hybridized carbons (Fsp3) is 0.750. The number of imide groups is 1. The predicted molar refractivity (Wildman–Crippen MR) is 80.5 cm³/mol. The van der Waals surface area contributed by atoms with E-state index in [9.17, 15) is 19.2 Å². The summed E-state index contributed by atoms with van der Waals surface area (Å²) in [5.74, 6) is -5.66. The number of methoxy groups -OCH3 is 1. The zero-order chi connectivity index (χ0) is 19.5. The van der Waals surface area contributed by atoms with Crippen molar-refractivity contribution in [1.29, 1.82) is 0 Å². The first-order chi connectivity index (χ1) is 12.8. The Morgan fingerprint density at radius 1 is 1.07 bits per heavy atom. The third-order valence-electron chi connectivity index (χ3n) is 5.45. The van der Waals surface area contributed by atoms with Gasteiger partial charge in [0.05, 0.1) is 36.9 Å². The van der Waals surface area contributed by atoms with Gasteiger partial charge in [0, 0.05) is 14.0 Å². The summed E-state index contributed by atoms with van der Waals surface area (Å²) in [7, 11) is 1.43. The first-order valence-corrected chi connectivity index (χ1v) is 8.54. The summed E-state index contributed by atoms with van der Waals surface area (Å²) in [6.45, 7) is 1.06. The molecule has 148 valence electrons. The van der Waals surface area contributed by atoms with Gasteiger partial charge in [0.1, 0.15) is 12.2 Å². The average molecular weight is 385 g/mol. The van der Waals surface area contributed by atoms with Gasteiger partial charge in [-0.1, -0.05) is 0 Å². The number of likely N-dealkylation sites (tertiary alicyclic amines) is 1. The third kappa shape index (κ3) is 2.73. The Balaban J connectivity index is 1.43. The molecule has 4 fully saturated rings. The standard InChI is InChI=1S/C16H19NO10/c1-16(23-2)26-12-10-8-9(11(25-10)13(12)27-16)15(22)17(14(8)21)5-24-7(20)4-3-6(18)19/h8-13H,3-5H2,1-2H3,(H,18,19)/t8?,9?,10-,11?,12+,13?,16?/m0/s1. The maximum absolute atomic E-state index is 12.7. The van der Waals surface area contributed by atoms with E-state index in [1.54, 1.807) is 6.92 Å². The van der Waals surface area contributed by atoms with Crippen LogP contribution in [-0.4, -0.2) is 78.0 Å². The lowest BCUT2D eigenvalue weighted by atomic mass is 9.78. The second kappa shape index (κ2) is 6.23. The van der Waals surface area contributed by atoms with Crippen molar-refractivity contribution in [2.75, 3.05) is 13.8 Å². The number of aliphatic carboxylic acids is 1. The van der Waals surface area contributed by atoms with Crippen LogP contribution in [-0.2, 0) is 42.9 Å². The predicted octanol–water partition coefficient (Wildman–Crippen LogP) is -1.16. The number of amides is 2. The Kier molecular flexibility index (Phi) is 4.22. The summed E-state index contributed by atoms with van der Waals surface area (Å²) in [6.07, 6.45) is -3.08.